The fraction of sp³-hybridized carbons (Fsp3) is 0.417. The van der Waals surface area contributed by atoms with E-state index in [1.807, 2.05) is 18.4 Å². The van der Waals surface area contributed by atoms with Gasteiger partial charge in [-0.05, 0) is 30.9 Å². The summed E-state index contributed by atoms with van der Waals surface area (Å²) in [5.41, 5.74) is 6.54. The first-order valence-corrected chi connectivity index (χ1v) is 6.41. The van der Waals surface area contributed by atoms with Gasteiger partial charge >= 0.3 is 5.97 Å². The first-order valence-electron chi connectivity index (χ1n) is 5.18. The number of hydrogen-bond acceptors (Lipinski definition) is 4. The molecule has 0 saturated carbocycles. The lowest BCUT2D eigenvalue weighted by Gasteiger charge is -2.07. The number of ether oxygens (including phenoxy) is 1. The van der Waals surface area contributed by atoms with Gasteiger partial charge in [-0.3, -0.25) is 4.79 Å². The van der Waals surface area contributed by atoms with Gasteiger partial charge in [-0.15, -0.1) is 11.8 Å². The van der Waals surface area contributed by atoms with E-state index in [0.29, 0.717) is 6.61 Å². The highest BCUT2D eigenvalue weighted by Crippen LogP contribution is 2.15. The normalized spacial score (nSPS) is 12.2. The molecule has 0 saturated heterocycles. The molecule has 0 heterocycles. The summed E-state index contributed by atoms with van der Waals surface area (Å²) in [4.78, 5) is 12.3. The monoisotopic (exact) mass is 239 g/mol. The number of benzene rings is 1. The molecule has 1 unspecified atom stereocenters. The predicted octanol–water partition coefficient (Wildman–Crippen LogP) is 1.84. The molecule has 1 rings (SSSR count). The van der Waals surface area contributed by atoms with Crippen molar-refractivity contribution in [1.82, 2.24) is 0 Å². The number of hydrogen-bond donors (Lipinski definition) is 1. The maximum Gasteiger partial charge on any atom is 0.322 e. The number of esters is 1. The summed E-state index contributed by atoms with van der Waals surface area (Å²) in [6.45, 7) is 2.01. The molecular formula is C12H17NO2S. The summed E-state index contributed by atoms with van der Waals surface area (Å²) in [6, 6.07) is 7.68. The van der Waals surface area contributed by atoms with Crippen LogP contribution >= 0.6 is 11.8 Å². The number of rotatable bonds is 5. The standard InChI is InChI=1S/C12H17NO2S/c1-9(13)12(14)15-8-7-10-3-5-11(16-2)6-4-10/h3-6,9H,7-8,13H2,1-2H3. The van der Waals surface area contributed by atoms with Gasteiger partial charge in [0, 0.05) is 11.3 Å². The Balaban J connectivity index is 2.34. The van der Waals surface area contributed by atoms with Gasteiger partial charge in [0.25, 0.3) is 0 Å². The molecule has 0 amide bonds. The highest BCUT2D eigenvalue weighted by Gasteiger charge is 2.07. The van der Waals surface area contributed by atoms with E-state index in [0.717, 1.165) is 12.0 Å². The SMILES string of the molecule is CSc1ccc(CCOC(=O)C(C)N)cc1. The molecule has 0 aliphatic heterocycles. The van der Waals surface area contributed by atoms with E-state index >= 15 is 0 Å². The Morgan fingerprint density at radius 1 is 1.44 bits per heavy atom. The Morgan fingerprint density at radius 2 is 2.06 bits per heavy atom. The topological polar surface area (TPSA) is 52.3 Å². The van der Waals surface area contributed by atoms with Crippen LogP contribution in [0.25, 0.3) is 0 Å². The molecular weight excluding hydrogens is 222 g/mol. The summed E-state index contributed by atoms with van der Waals surface area (Å²) in [7, 11) is 0. The van der Waals surface area contributed by atoms with E-state index in [-0.39, 0.29) is 5.97 Å². The second-order valence-electron chi connectivity index (χ2n) is 3.55. The van der Waals surface area contributed by atoms with Crippen molar-refractivity contribution in [3.05, 3.63) is 29.8 Å². The molecule has 0 spiro atoms. The molecule has 1 atom stereocenters. The van der Waals surface area contributed by atoms with Crippen molar-refractivity contribution in [1.29, 1.82) is 0 Å². The van der Waals surface area contributed by atoms with Gasteiger partial charge < -0.3 is 10.5 Å². The van der Waals surface area contributed by atoms with E-state index in [1.165, 1.54) is 4.90 Å². The van der Waals surface area contributed by atoms with Gasteiger partial charge in [0.05, 0.1) is 6.61 Å². The number of nitrogens with two attached hydrogens (primary N) is 1. The molecule has 2 N–H and O–H groups in total. The minimum atomic E-state index is -0.543. The molecule has 0 bridgehead atoms. The Kier molecular flexibility index (Phi) is 5.35. The van der Waals surface area contributed by atoms with Crippen LogP contribution in [0.15, 0.2) is 29.2 Å². The van der Waals surface area contributed by atoms with Crippen LogP contribution in [0.5, 0.6) is 0 Å². The van der Waals surface area contributed by atoms with Crippen molar-refractivity contribution in [3.8, 4) is 0 Å². The molecule has 1 aromatic rings. The number of thioether (sulfide) groups is 1. The van der Waals surface area contributed by atoms with Crippen LogP contribution in [0, 0.1) is 0 Å². The predicted molar refractivity (Wildman–Crippen MR) is 66.5 cm³/mol. The molecule has 0 aliphatic carbocycles. The maximum atomic E-state index is 11.1. The summed E-state index contributed by atoms with van der Waals surface area (Å²) in [5.74, 6) is -0.347. The second kappa shape index (κ2) is 6.55. The van der Waals surface area contributed by atoms with Crippen molar-refractivity contribution >= 4 is 17.7 Å². The highest BCUT2D eigenvalue weighted by molar-refractivity contribution is 7.98. The summed E-state index contributed by atoms with van der Waals surface area (Å²) >= 11 is 1.71. The third kappa shape index (κ3) is 4.24. The van der Waals surface area contributed by atoms with Crippen LogP contribution in [0.2, 0.25) is 0 Å². The highest BCUT2D eigenvalue weighted by atomic mass is 32.2. The smallest absolute Gasteiger partial charge is 0.322 e. The Hall–Kier alpha value is -1.00. The minimum Gasteiger partial charge on any atom is -0.464 e. The zero-order valence-corrected chi connectivity index (χ0v) is 10.4. The van der Waals surface area contributed by atoms with Gasteiger partial charge in [-0.2, -0.15) is 0 Å². The molecule has 0 fully saturated rings. The Bertz CT molecular complexity index is 335. The van der Waals surface area contributed by atoms with E-state index in [1.54, 1.807) is 18.7 Å². The molecule has 1 aromatic carbocycles. The number of carbonyl (C=O) groups is 1. The average molecular weight is 239 g/mol. The quantitative estimate of drug-likeness (QED) is 0.629. The molecule has 3 nitrogen and oxygen atoms in total. The van der Waals surface area contributed by atoms with Crippen LogP contribution in [0.1, 0.15) is 12.5 Å². The fourth-order valence-electron chi connectivity index (χ4n) is 1.19. The lowest BCUT2D eigenvalue weighted by Crippen LogP contribution is -2.29. The Morgan fingerprint density at radius 3 is 2.56 bits per heavy atom. The lowest BCUT2D eigenvalue weighted by molar-refractivity contribution is -0.144. The summed E-state index contributed by atoms with van der Waals surface area (Å²) in [5, 5.41) is 0. The maximum absolute atomic E-state index is 11.1. The van der Waals surface area contributed by atoms with Crippen LogP contribution in [0.4, 0.5) is 0 Å². The van der Waals surface area contributed by atoms with Crippen LogP contribution in [-0.2, 0) is 16.0 Å². The molecule has 16 heavy (non-hydrogen) atoms. The van der Waals surface area contributed by atoms with E-state index < -0.39 is 6.04 Å². The largest absolute Gasteiger partial charge is 0.464 e. The van der Waals surface area contributed by atoms with Crippen molar-refractivity contribution in [2.75, 3.05) is 12.9 Å². The van der Waals surface area contributed by atoms with Crippen LogP contribution in [0.3, 0.4) is 0 Å². The second-order valence-corrected chi connectivity index (χ2v) is 4.43. The first kappa shape index (κ1) is 13.1. The molecule has 0 radical (unpaired) electrons. The van der Waals surface area contributed by atoms with Gasteiger partial charge in [-0.1, -0.05) is 12.1 Å². The van der Waals surface area contributed by atoms with Gasteiger partial charge in [0.15, 0.2) is 0 Å². The lowest BCUT2D eigenvalue weighted by atomic mass is 10.2. The third-order valence-corrected chi connectivity index (χ3v) is 2.91. The summed E-state index contributed by atoms with van der Waals surface area (Å²) in [6.07, 6.45) is 2.77. The third-order valence-electron chi connectivity index (χ3n) is 2.17. The minimum absolute atomic E-state index is 0.347. The van der Waals surface area contributed by atoms with E-state index in [4.69, 9.17) is 10.5 Å². The molecule has 4 heteroatoms. The van der Waals surface area contributed by atoms with Gasteiger partial charge in [-0.25, -0.2) is 0 Å². The van der Waals surface area contributed by atoms with Gasteiger partial charge in [0.2, 0.25) is 0 Å². The Labute approximate surface area is 100 Å². The summed E-state index contributed by atoms with van der Waals surface area (Å²) < 4.78 is 4.99. The van der Waals surface area contributed by atoms with Crippen LogP contribution < -0.4 is 5.73 Å². The number of carbonyl (C=O) groups excluding carboxylic acids is 1. The average Bonchev–Trinajstić information content (AvgIpc) is 2.29. The van der Waals surface area contributed by atoms with Crippen molar-refractivity contribution in [2.24, 2.45) is 5.73 Å². The van der Waals surface area contributed by atoms with Crippen molar-refractivity contribution in [2.45, 2.75) is 24.3 Å². The zero-order valence-electron chi connectivity index (χ0n) is 9.60. The molecule has 0 aromatic heterocycles. The first-order chi connectivity index (χ1) is 7.63. The molecule has 88 valence electrons. The van der Waals surface area contributed by atoms with Crippen molar-refractivity contribution in [3.63, 3.8) is 0 Å². The van der Waals surface area contributed by atoms with E-state index in [2.05, 4.69) is 12.1 Å². The molecule has 0 aliphatic rings. The van der Waals surface area contributed by atoms with Crippen LogP contribution in [-0.4, -0.2) is 24.9 Å². The van der Waals surface area contributed by atoms with Gasteiger partial charge in [0.1, 0.15) is 6.04 Å². The fourth-order valence-corrected chi connectivity index (χ4v) is 1.60. The van der Waals surface area contributed by atoms with Crippen molar-refractivity contribution < 1.29 is 9.53 Å². The van der Waals surface area contributed by atoms with E-state index in [9.17, 15) is 4.79 Å². The zero-order chi connectivity index (χ0) is 12.0.